The van der Waals surface area contributed by atoms with E-state index in [1.54, 1.807) is 24.3 Å². The van der Waals surface area contributed by atoms with Crippen molar-refractivity contribution >= 4 is 40.8 Å². The number of amides is 1. The number of ether oxygens (including phenoxy) is 1. The van der Waals surface area contributed by atoms with E-state index in [0.717, 1.165) is 0 Å². The van der Waals surface area contributed by atoms with Crippen LogP contribution in [0.15, 0.2) is 42.5 Å². The number of benzene rings is 2. The first-order valence-electron chi connectivity index (χ1n) is 6.17. The number of hydrogen-bond acceptors (Lipinski definition) is 3. The number of aromatic carboxylic acids is 1. The molecule has 2 aromatic carbocycles. The number of halogens is 2. The minimum atomic E-state index is -1.09. The monoisotopic (exact) mass is 339 g/mol. The fourth-order valence-corrected chi connectivity index (χ4v) is 1.99. The van der Waals surface area contributed by atoms with Crippen LogP contribution in [0.4, 0.5) is 5.69 Å². The summed E-state index contributed by atoms with van der Waals surface area (Å²) in [6.07, 6.45) is 0. The fourth-order valence-electron chi connectivity index (χ4n) is 1.62. The molecule has 7 heteroatoms. The number of hydrogen-bond donors (Lipinski definition) is 2. The van der Waals surface area contributed by atoms with Gasteiger partial charge in [-0.1, -0.05) is 23.2 Å². The number of carbonyl (C=O) groups excluding carboxylic acids is 1. The molecule has 0 aliphatic rings. The Kier molecular flexibility index (Phi) is 5.25. The third-order valence-corrected chi connectivity index (χ3v) is 3.21. The Hall–Kier alpha value is -2.24. The van der Waals surface area contributed by atoms with Crippen molar-refractivity contribution in [3.05, 3.63) is 58.1 Å². The summed E-state index contributed by atoms with van der Waals surface area (Å²) in [7, 11) is 0. The smallest absolute Gasteiger partial charge is 0.335 e. The summed E-state index contributed by atoms with van der Waals surface area (Å²) >= 11 is 11.6. The van der Waals surface area contributed by atoms with E-state index < -0.39 is 5.97 Å². The molecule has 2 N–H and O–H groups in total. The van der Waals surface area contributed by atoms with Gasteiger partial charge in [-0.3, -0.25) is 4.79 Å². The van der Waals surface area contributed by atoms with Crippen molar-refractivity contribution in [3.63, 3.8) is 0 Å². The molecule has 0 saturated carbocycles. The zero-order chi connectivity index (χ0) is 16.1. The molecule has 114 valence electrons. The number of rotatable bonds is 5. The van der Waals surface area contributed by atoms with Crippen LogP contribution in [0.1, 0.15) is 10.4 Å². The van der Waals surface area contributed by atoms with Crippen molar-refractivity contribution < 1.29 is 19.4 Å². The molecule has 22 heavy (non-hydrogen) atoms. The molecule has 0 saturated heterocycles. The van der Waals surface area contributed by atoms with Gasteiger partial charge in [-0.05, 0) is 42.5 Å². The van der Waals surface area contributed by atoms with Crippen LogP contribution in [0.2, 0.25) is 10.0 Å². The van der Waals surface area contributed by atoms with E-state index in [-0.39, 0.29) is 28.8 Å². The van der Waals surface area contributed by atoms with Gasteiger partial charge in [0.05, 0.1) is 10.6 Å². The lowest BCUT2D eigenvalue weighted by molar-refractivity contribution is -0.118. The maximum absolute atomic E-state index is 11.8. The Bertz CT molecular complexity index is 701. The quantitative estimate of drug-likeness (QED) is 0.870. The van der Waals surface area contributed by atoms with E-state index >= 15 is 0 Å². The zero-order valence-corrected chi connectivity index (χ0v) is 12.7. The maximum Gasteiger partial charge on any atom is 0.335 e. The summed E-state index contributed by atoms with van der Waals surface area (Å²) in [4.78, 5) is 22.5. The summed E-state index contributed by atoms with van der Waals surface area (Å²) in [5, 5.41) is 12.2. The van der Waals surface area contributed by atoms with Crippen LogP contribution in [0, 0.1) is 0 Å². The lowest BCUT2D eigenvalue weighted by Gasteiger charge is -2.09. The van der Waals surface area contributed by atoms with Gasteiger partial charge in [-0.25, -0.2) is 4.79 Å². The van der Waals surface area contributed by atoms with Crippen LogP contribution < -0.4 is 10.1 Å². The molecule has 0 aliphatic carbocycles. The molecule has 0 aliphatic heterocycles. The van der Waals surface area contributed by atoms with Gasteiger partial charge in [0.15, 0.2) is 6.61 Å². The highest BCUT2D eigenvalue weighted by atomic mass is 35.5. The average molecular weight is 340 g/mol. The van der Waals surface area contributed by atoms with E-state index in [0.29, 0.717) is 10.7 Å². The van der Waals surface area contributed by atoms with Gasteiger partial charge in [0.1, 0.15) is 5.75 Å². The van der Waals surface area contributed by atoms with Gasteiger partial charge in [0.2, 0.25) is 0 Å². The molecule has 0 radical (unpaired) electrons. The van der Waals surface area contributed by atoms with E-state index in [9.17, 15) is 9.59 Å². The zero-order valence-electron chi connectivity index (χ0n) is 11.2. The van der Waals surface area contributed by atoms with Crippen molar-refractivity contribution in [2.75, 3.05) is 11.9 Å². The molecule has 0 heterocycles. The standard InChI is InChI=1S/C15H11Cl2NO4/c16-10-2-4-11(5-3-10)18-14(19)8-22-13-6-1-9(15(20)21)7-12(13)17/h1-7H,8H2,(H,18,19)(H,20,21). The number of carbonyl (C=O) groups is 2. The van der Waals surface area contributed by atoms with Crippen LogP contribution >= 0.6 is 23.2 Å². The molecule has 0 bridgehead atoms. The molecule has 0 aromatic heterocycles. The summed E-state index contributed by atoms with van der Waals surface area (Å²) in [6.45, 7) is -0.255. The van der Waals surface area contributed by atoms with Gasteiger partial charge in [-0.15, -0.1) is 0 Å². The molecule has 2 aromatic rings. The highest BCUT2D eigenvalue weighted by Crippen LogP contribution is 2.25. The van der Waals surface area contributed by atoms with Crippen molar-refractivity contribution in [1.82, 2.24) is 0 Å². The first-order chi connectivity index (χ1) is 10.5. The van der Waals surface area contributed by atoms with Crippen LogP contribution in [-0.2, 0) is 4.79 Å². The lowest BCUT2D eigenvalue weighted by Crippen LogP contribution is -2.20. The first kappa shape index (κ1) is 16.1. The van der Waals surface area contributed by atoms with E-state index in [1.807, 2.05) is 0 Å². The van der Waals surface area contributed by atoms with Gasteiger partial charge in [0.25, 0.3) is 5.91 Å². The predicted molar refractivity (Wildman–Crippen MR) is 84.0 cm³/mol. The number of carboxylic acids is 1. The summed E-state index contributed by atoms with van der Waals surface area (Å²) in [5.74, 6) is -1.23. The molecule has 0 unspecified atom stereocenters. The van der Waals surface area contributed by atoms with E-state index in [2.05, 4.69) is 5.32 Å². The van der Waals surface area contributed by atoms with Crippen LogP contribution in [0.5, 0.6) is 5.75 Å². The third-order valence-electron chi connectivity index (χ3n) is 2.67. The topological polar surface area (TPSA) is 75.6 Å². The summed E-state index contributed by atoms with van der Waals surface area (Å²) < 4.78 is 5.27. The van der Waals surface area contributed by atoms with Crippen LogP contribution in [0.3, 0.4) is 0 Å². The van der Waals surface area contributed by atoms with Crippen LogP contribution in [0.25, 0.3) is 0 Å². The van der Waals surface area contributed by atoms with Crippen molar-refractivity contribution in [2.24, 2.45) is 0 Å². The van der Waals surface area contributed by atoms with Crippen molar-refractivity contribution in [3.8, 4) is 5.75 Å². The molecule has 5 nitrogen and oxygen atoms in total. The molecule has 0 fully saturated rings. The van der Waals surface area contributed by atoms with E-state index in [1.165, 1.54) is 18.2 Å². The minimum absolute atomic E-state index is 0.0444. The van der Waals surface area contributed by atoms with Gasteiger partial charge in [0, 0.05) is 10.7 Å². The Morgan fingerprint density at radius 1 is 1.09 bits per heavy atom. The molecule has 2 rings (SSSR count). The molecule has 0 spiro atoms. The highest BCUT2D eigenvalue weighted by molar-refractivity contribution is 6.32. The van der Waals surface area contributed by atoms with E-state index in [4.69, 9.17) is 33.0 Å². The predicted octanol–water partition coefficient (Wildman–Crippen LogP) is 3.71. The third kappa shape index (κ3) is 4.38. The first-order valence-corrected chi connectivity index (χ1v) is 6.92. The largest absolute Gasteiger partial charge is 0.482 e. The number of anilines is 1. The van der Waals surface area contributed by atoms with Crippen molar-refractivity contribution in [2.45, 2.75) is 0 Å². The highest BCUT2D eigenvalue weighted by Gasteiger charge is 2.10. The summed E-state index contributed by atoms with van der Waals surface area (Å²) in [5.41, 5.74) is 0.633. The SMILES string of the molecule is O=C(COc1ccc(C(=O)O)cc1Cl)Nc1ccc(Cl)cc1. The molecular formula is C15H11Cl2NO4. The lowest BCUT2D eigenvalue weighted by atomic mass is 10.2. The molecular weight excluding hydrogens is 329 g/mol. The van der Waals surface area contributed by atoms with Gasteiger partial charge < -0.3 is 15.2 Å². The van der Waals surface area contributed by atoms with Crippen molar-refractivity contribution in [1.29, 1.82) is 0 Å². The Labute approximate surface area is 136 Å². The Morgan fingerprint density at radius 2 is 1.77 bits per heavy atom. The second-order valence-corrected chi connectivity index (χ2v) is 5.14. The Morgan fingerprint density at radius 3 is 2.36 bits per heavy atom. The van der Waals surface area contributed by atoms with Gasteiger partial charge in [-0.2, -0.15) is 0 Å². The number of carboxylic acid groups (broad SMARTS) is 1. The maximum atomic E-state index is 11.8. The Balaban J connectivity index is 1.93. The van der Waals surface area contributed by atoms with Crippen LogP contribution in [-0.4, -0.2) is 23.6 Å². The minimum Gasteiger partial charge on any atom is -0.482 e. The van der Waals surface area contributed by atoms with Gasteiger partial charge >= 0.3 is 5.97 Å². The fraction of sp³-hybridized carbons (Fsp3) is 0.0667. The molecule has 1 amide bonds. The second-order valence-electron chi connectivity index (χ2n) is 4.29. The summed E-state index contributed by atoms with van der Waals surface area (Å²) in [6, 6.07) is 10.6. The average Bonchev–Trinajstić information content (AvgIpc) is 2.48. The molecule has 0 atom stereocenters. The number of nitrogens with one attached hydrogen (secondary N) is 1. The normalized spacial score (nSPS) is 10.1. The second kappa shape index (κ2) is 7.15.